The Balaban J connectivity index is 1.92. The van der Waals surface area contributed by atoms with E-state index in [0.29, 0.717) is 6.04 Å². The Labute approximate surface area is 153 Å². The number of hydrogen-bond donors (Lipinski definition) is 0. The third-order valence-electron chi connectivity index (χ3n) is 5.10. The SMILES string of the molecule is Cc1cc(N2CCCCC2C)n2nc(C)c(-c3ccc(Cl)cc3)c2n1. The molecule has 0 N–H and O–H groups in total. The maximum Gasteiger partial charge on any atom is 0.165 e. The molecule has 1 aliphatic heterocycles. The highest BCUT2D eigenvalue weighted by molar-refractivity contribution is 6.30. The molecule has 0 spiro atoms. The van der Waals surface area contributed by atoms with Gasteiger partial charge in [-0.25, -0.2) is 4.98 Å². The van der Waals surface area contributed by atoms with Gasteiger partial charge in [-0.2, -0.15) is 9.61 Å². The van der Waals surface area contributed by atoms with Crippen molar-refractivity contribution in [3.05, 3.63) is 46.7 Å². The number of anilines is 1. The Morgan fingerprint density at radius 2 is 1.88 bits per heavy atom. The van der Waals surface area contributed by atoms with Crippen LogP contribution in [0.15, 0.2) is 30.3 Å². The lowest BCUT2D eigenvalue weighted by molar-refractivity contribution is 0.477. The normalized spacial score (nSPS) is 18.1. The summed E-state index contributed by atoms with van der Waals surface area (Å²) in [5, 5.41) is 5.58. The van der Waals surface area contributed by atoms with Gasteiger partial charge >= 0.3 is 0 Å². The van der Waals surface area contributed by atoms with Crippen molar-refractivity contribution in [1.82, 2.24) is 14.6 Å². The molecule has 25 heavy (non-hydrogen) atoms. The van der Waals surface area contributed by atoms with Crippen molar-refractivity contribution in [2.75, 3.05) is 11.4 Å². The lowest BCUT2D eigenvalue weighted by Gasteiger charge is -2.35. The van der Waals surface area contributed by atoms with Crippen LogP contribution in [0.2, 0.25) is 5.02 Å². The Kier molecular flexibility index (Phi) is 4.16. The van der Waals surface area contributed by atoms with Crippen LogP contribution in [-0.2, 0) is 0 Å². The van der Waals surface area contributed by atoms with E-state index in [2.05, 4.69) is 31.7 Å². The molecule has 1 aliphatic rings. The summed E-state index contributed by atoms with van der Waals surface area (Å²) in [4.78, 5) is 7.29. The largest absolute Gasteiger partial charge is 0.354 e. The van der Waals surface area contributed by atoms with E-state index in [9.17, 15) is 0 Å². The molecule has 0 amide bonds. The molecule has 3 heterocycles. The Bertz CT molecular complexity index is 914. The van der Waals surface area contributed by atoms with Crippen molar-refractivity contribution in [3.8, 4) is 11.1 Å². The van der Waals surface area contributed by atoms with Gasteiger partial charge in [0.2, 0.25) is 0 Å². The van der Waals surface area contributed by atoms with Crippen LogP contribution < -0.4 is 4.90 Å². The van der Waals surface area contributed by atoms with E-state index in [1.165, 1.54) is 19.3 Å². The Morgan fingerprint density at radius 3 is 2.60 bits per heavy atom. The third kappa shape index (κ3) is 2.89. The molecule has 1 unspecified atom stereocenters. The minimum atomic E-state index is 0.530. The molecular weight excluding hydrogens is 332 g/mol. The molecule has 1 saturated heterocycles. The van der Waals surface area contributed by atoms with Crippen LogP contribution in [0.1, 0.15) is 37.6 Å². The van der Waals surface area contributed by atoms with Crippen LogP contribution in [0.3, 0.4) is 0 Å². The van der Waals surface area contributed by atoms with E-state index < -0.39 is 0 Å². The zero-order chi connectivity index (χ0) is 17.6. The fraction of sp³-hybridized carbons (Fsp3) is 0.400. The number of hydrogen-bond acceptors (Lipinski definition) is 3. The highest BCUT2D eigenvalue weighted by Gasteiger charge is 2.24. The first-order valence-corrected chi connectivity index (χ1v) is 9.32. The number of benzene rings is 1. The highest BCUT2D eigenvalue weighted by atomic mass is 35.5. The van der Waals surface area contributed by atoms with E-state index in [0.717, 1.165) is 45.5 Å². The summed E-state index contributed by atoms with van der Waals surface area (Å²) in [5.74, 6) is 1.15. The first-order valence-electron chi connectivity index (χ1n) is 8.94. The average molecular weight is 355 g/mol. The molecule has 130 valence electrons. The number of aryl methyl sites for hydroxylation is 2. The molecule has 0 bridgehead atoms. The van der Waals surface area contributed by atoms with Crippen molar-refractivity contribution in [2.24, 2.45) is 0 Å². The van der Waals surface area contributed by atoms with Crippen molar-refractivity contribution < 1.29 is 0 Å². The second-order valence-electron chi connectivity index (χ2n) is 7.00. The molecule has 1 fully saturated rings. The molecule has 1 atom stereocenters. The summed E-state index contributed by atoms with van der Waals surface area (Å²) < 4.78 is 2.02. The molecule has 0 aliphatic carbocycles. The van der Waals surface area contributed by atoms with Crippen molar-refractivity contribution >= 4 is 23.1 Å². The number of fused-ring (bicyclic) bond motifs is 1. The van der Waals surface area contributed by atoms with Crippen molar-refractivity contribution in [2.45, 2.75) is 46.1 Å². The number of piperidine rings is 1. The quantitative estimate of drug-likeness (QED) is 0.646. The summed E-state index contributed by atoms with van der Waals surface area (Å²) in [6, 6.07) is 10.6. The van der Waals surface area contributed by atoms with Crippen LogP contribution >= 0.6 is 11.6 Å². The van der Waals surface area contributed by atoms with Gasteiger partial charge in [0.15, 0.2) is 5.65 Å². The number of aromatic nitrogens is 3. The van der Waals surface area contributed by atoms with E-state index >= 15 is 0 Å². The van der Waals surface area contributed by atoms with Gasteiger partial charge in [0.05, 0.1) is 5.69 Å². The van der Waals surface area contributed by atoms with Crippen LogP contribution in [0, 0.1) is 13.8 Å². The van der Waals surface area contributed by atoms with E-state index in [1.54, 1.807) is 0 Å². The minimum Gasteiger partial charge on any atom is -0.354 e. The molecule has 4 nitrogen and oxygen atoms in total. The standard InChI is InChI=1S/C20H23ClN4/c1-13-12-18(24-11-5-4-6-14(24)2)25-20(22-13)19(15(3)23-25)16-7-9-17(21)10-8-16/h7-10,12,14H,4-6,11H2,1-3H3. The highest BCUT2D eigenvalue weighted by Crippen LogP contribution is 2.32. The van der Waals surface area contributed by atoms with Crippen LogP contribution in [0.25, 0.3) is 16.8 Å². The maximum absolute atomic E-state index is 6.06. The van der Waals surface area contributed by atoms with E-state index in [-0.39, 0.29) is 0 Å². The fourth-order valence-corrected chi connectivity index (χ4v) is 3.95. The summed E-state index contributed by atoms with van der Waals surface area (Å²) in [5.41, 5.74) is 5.13. The van der Waals surface area contributed by atoms with Gasteiger partial charge in [0, 0.05) is 34.9 Å². The van der Waals surface area contributed by atoms with Crippen LogP contribution in [0.5, 0.6) is 0 Å². The van der Waals surface area contributed by atoms with Crippen LogP contribution in [-0.4, -0.2) is 27.2 Å². The van der Waals surface area contributed by atoms with Gasteiger partial charge < -0.3 is 4.90 Å². The van der Waals surface area contributed by atoms with Crippen molar-refractivity contribution in [3.63, 3.8) is 0 Å². The van der Waals surface area contributed by atoms with Gasteiger partial charge in [-0.3, -0.25) is 0 Å². The molecule has 5 heteroatoms. The summed E-state index contributed by atoms with van der Waals surface area (Å²) in [6.07, 6.45) is 3.77. The predicted molar refractivity (Wildman–Crippen MR) is 104 cm³/mol. The summed E-state index contributed by atoms with van der Waals surface area (Å²) in [7, 11) is 0. The number of nitrogens with zero attached hydrogens (tertiary/aromatic N) is 4. The maximum atomic E-state index is 6.06. The predicted octanol–water partition coefficient (Wildman–Crippen LogP) is 5.05. The fourth-order valence-electron chi connectivity index (χ4n) is 3.82. The molecule has 0 radical (unpaired) electrons. The van der Waals surface area contributed by atoms with Crippen molar-refractivity contribution in [1.29, 1.82) is 0 Å². The second-order valence-corrected chi connectivity index (χ2v) is 7.43. The first kappa shape index (κ1) is 16.4. The van der Waals surface area contributed by atoms with E-state index in [1.807, 2.05) is 28.8 Å². The molecule has 0 saturated carbocycles. The zero-order valence-corrected chi connectivity index (χ0v) is 15.7. The molecular formula is C20H23ClN4. The lowest BCUT2D eigenvalue weighted by Crippen LogP contribution is -2.38. The van der Waals surface area contributed by atoms with Gasteiger partial charge in [-0.05, 0) is 57.7 Å². The zero-order valence-electron chi connectivity index (χ0n) is 15.0. The molecule has 4 rings (SSSR count). The minimum absolute atomic E-state index is 0.530. The molecule has 3 aromatic rings. The third-order valence-corrected chi connectivity index (χ3v) is 5.36. The lowest BCUT2D eigenvalue weighted by atomic mass is 10.0. The van der Waals surface area contributed by atoms with Gasteiger partial charge in [-0.15, -0.1) is 0 Å². The van der Waals surface area contributed by atoms with Gasteiger partial charge in [0.1, 0.15) is 5.82 Å². The number of halogens is 1. The second kappa shape index (κ2) is 6.34. The molecule has 1 aromatic carbocycles. The van der Waals surface area contributed by atoms with E-state index in [4.69, 9.17) is 21.7 Å². The monoisotopic (exact) mass is 354 g/mol. The summed E-state index contributed by atoms with van der Waals surface area (Å²) >= 11 is 6.06. The topological polar surface area (TPSA) is 33.4 Å². The first-order chi connectivity index (χ1) is 12.0. The number of rotatable bonds is 2. The average Bonchev–Trinajstić information content (AvgIpc) is 2.91. The summed E-state index contributed by atoms with van der Waals surface area (Å²) in [6.45, 7) is 7.50. The van der Waals surface area contributed by atoms with Crippen LogP contribution in [0.4, 0.5) is 5.82 Å². The molecule has 2 aromatic heterocycles. The Morgan fingerprint density at radius 1 is 1.12 bits per heavy atom. The smallest absolute Gasteiger partial charge is 0.165 e. The Hall–Kier alpha value is -2.07. The van der Waals surface area contributed by atoms with Gasteiger partial charge in [-0.1, -0.05) is 23.7 Å². The van der Waals surface area contributed by atoms with Gasteiger partial charge in [0.25, 0.3) is 0 Å².